The van der Waals surface area contributed by atoms with E-state index in [1.807, 2.05) is 0 Å². The Kier molecular flexibility index (Phi) is 3.68. The highest BCUT2D eigenvalue weighted by molar-refractivity contribution is 4.88. The zero-order chi connectivity index (χ0) is 10.7. The third-order valence-electron chi connectivity index (χ3n) is 4.28. The van der Waals surface area contributed by atoms with Gasteiger partial charge in [-0.25, -0.2) is 0 Å². The highest BCUT2D eigenvalue weighted by Crippen LogP contribution is 2.31. The Balaban J connectivity index is 1.82. The van der Waals surface area contributed by atoms with E-state index >= 15 is 0 Å². The lowest BCUT2D eigenvalue weighted by atomic mass is 9.93. The largest absolute Gasteiger partial charge is 0.389 e. The molecule has 2 saturated carbocycles. The third kappa shape index (κ3) is 2.94. The maximum Gasteiger partial charge on any atom is 0.0774 e. The second kappa shape index (κ2) is 4.84. The molecule has 0 amide bonds. The normalized spacial score (nSPS) is 27.4. The molecule has 0 unspecified atom stereocenters. The number of likely N-dealkylation sites (N-methyl/N-ethyl adjacent to an activating group) is 1. The fraction of sp³-hybridized carbons (Fsp3) is 1.00. The van der Waals surface area contributed by atoms with Gasteiger partial charge in [0, 0.05) is 12.6 Å². The van der Waals surface area contributed by atoms with E-state index < -0.39 is 0 Å². The summed E-state index contributed by atoms with van der Waals surface area (Å²) in [4.78, 5) is 2.42. The molecule has 2 nitrogen and oxygen atoms in total. The molecular weight excluding hydrogens is 186 g/mol. The van der Waals surface area contributed by atoms with E-state index in [4.69, 9.17) is 0 Å². The van der Waals surface area contributed by atoms with Gasteiger partial charge in [-0.1, -0.05) is 32.1 Å². The molecule has 2 aliphatic carbocycles. The van der Waals surface area contributed by atoms with Crippen LogP contribution in [0.2, 0.25) is 0 Å². The topological polar surface area (TPSA) is 23.5 Å². The predicted molar refractivity (Wildman–Crippen MR) is 62.9 cm³/mol. The summed E-state index contributed by atoms with van der Waals surface area (Å²) in [5.74, 6) is 0. The summed E-state index contributed by atoms with van der Waals surface area (Å²) in [5.41, 5.74) is -0.355. The van der Waals surface area contributed by atoms with Gasteiger partial charge >= 0.3 is 0 Å². The van der Waals surface area contributed by atoms with Crippen molar-refractivity contribution in [1.82, 2.24) is 4.90 Å². The second-order valence-corrected chi connectivity index (χ2v) is 5.64. The monoisotopic (exact) mass is 211 g/mol. The average Bonchev–Trinajstić information content (AvgIpc) is 2.66. The van der Waals surface area contributed by atoms with Crippen molar-refractivity contribution in [3.63, 3.8) is 0 Å². The molecule has 0 aromatic rings. The summed E-state index contributed by atoms with van der Waals surface area (Å²) in [6.07, 6.45) is 11.3. The van der Waals surface area contributed by atoms with Crippen molar-refractivity contribution in [1.29, 1.82) is 0 Å². The van der Waals surface area contributed by atoms with Crippen LogP contribution in [-0.4, -0.2) is 35.2 Å². The molecule has 0 saturated heterocycles. The van der Waals surface area contributed by atoms with Gasteiger partial charge in [-0.2, -0.15) is 0 Å². The van der Waals surface area contributed by atoms with Crippen molar-refractivity contribution in [2.75, 3.05) is 13.6 Å². The average molecular weight is 211 g/mol. The number of hydrogen-bond donors (Lipinski definition) is 1. The first-order valence-corrected chi connectivity index (χ1v) is 6.62. The molecule has 0 aromatic carbocycles. The first-order valence-electron chi connectivity index (χ1n) is 6.62. The van der Waals surface area contributed by atoms with Crippen LogP contribution in [-0.2, 0) is 0 Å². The van der Waals surface area contributed by atoms with E-state index in [0.29, 0.717) is 0 Å². The number of rotatable bonds is 3. The zero-order valence-electron chi connectivity index (χ0n) is 10.0. The summed E-state index contributed by atoms with van der Waals surface area (Å²) in [6.45, 7) is 0.900. The molecule has 0 radical (unpaired) electrons. The lowest BCUT2D eigenvalue weighted by Gasteiger charge is -2.36. The van der Waals surface area contributed by atoms with Crippen LogP contribution < -0.4 is 0 Å². The summed E-state index contributed by atoms with van der Waals surface area (Å²) in [5, 5.41) is 10.4. The van der Waals surface area contributed by atoms with Gasteiger partial charge in [-0.3, -0.25) is 0 Å². The summed E-state index contributed by atoms with van der Waals surface area (Å²) < 4.78 is 0. The van der Waals surface area contributed by atoms with Gasteiger partial charge in [-0.15, -0.1) is 0 Å². The minimum Gasteiger partial charge on any atom is -0.389 e. The zero-order valence-corrected chi connectivity index (χ0v) is 10.0. The summed E-state index contributed by atoms with van der Waals surface area (Å²) in [7, 11) is 2.20. The van der Waals surface area contributed by atoms with Crippen LogP contribution in [0.1, 0.15) is 57.8 Å². The van der Waals surface area contributed by atoms with E-state index in [1.165, 1.54) is 44.9 Å². The van der Waals surface area contributed by atoms with E-state index in [-0.39, 0.29) is 5.60 Å². The maximum absolute atomic E-state index is 10.4. The third-order valence-corrected chi connectivity index (χ3v) is 4.28. The van der Waals surface area contributed by atoms with Crippen molar-refractivity contribution in [2.45, 2.75) is 69.4 Å². The van der Waals surface area contributed by atoms with Crippen LogP contribution in [0.15, 0.2) is 0 Å². The molecule has 0 aliphatic heterocycles. The van der Waals surface area contributed by atoms with Crippen LogP contribution in [0, 0.1) is 0 Å². The molecule has 0 atom stereocenters. The summed E-state index contributed by atoms with van der Waals surface area (Å²) >= 11 is 0. The minimum absolute atomic E-state index is 0.355. The molecule has 88 valence electrons. The predicted octanol–water partition coefficient (Wildman–Crippen LogP) is 2.56. The van der Waals surface area contributed by atoms with Gasteiger partial charge in [-0.05, 0) is 32.7 Å². The lowest BCUT2D eigenvalue weighted by Crippen LogP contribution is -2.44. The van der Waals surface area contributed by atoms with Gasteiger partial charge < -0.3 is 10.0 Å². The van der Waals surface area contributed by atoms with Crippen molar-refractivity contribution in [3.05, 3.63) is 0 Å². The van der Waals surface area contributed by atoms with E-state index in [2.05, 4.69) is 11.9 Å². The van der Waals surface area contributed by atoms with Gasteiger partial charge in [0.15, 0.2) is 0 Å². The Labute approximate surface area is 93.7 Å². The molecule has 2 heteroatoms. The molecule has 1 N–H and O–H groups in total. The maximum atomic E-state index is 10.4. The van der Waals surface area contributed by atoms with Crippen LogP contribution in [0.5, 0.6) is 0 Å². The Morgan fingerprint density at radius 1 is 1.07 bits per heavy atom. The van der Waals surface area contributed by atoms with E-state index in [9.17, 15) is 5.11 Å². The van der Waals surface area contributed by atoms with Crippen LogP contribution in [0.4, 0.5) is 0 Å². The molecule has 0 aromatic heterocycles. The van der Waals surface area contributed by atoms with Crippen LogP contribution in [0.3, 0.4) is 0 Å². The summed E-state index contributed by atoms with van der Waals surface area (Å²) in [6, 6.07) is 0.739. The molecule has 0 bridgehead atoms. The second-order valence-electron chi connectivity index (χ2n) is 5.64. The van der Waals surface area contributed by atoms with Crippen LogP contribution in [0.25, 0.3) is 0 Å². The van der Waals surface area contributed by atoms with Gasteiger partial charge in [0.25, 0.3) is 0 Å². The molecule has 2 aliphatic rings. The van der Waals surface area contributed by atoms with E-state index in [1.54, 1.807) is 0 Å². The molecule has 0 heterocycles. The van der Waals surface area contributed by atoms with Gasteiger partial charge in [0.1, 0.15) is 0 Å². The van der Waals surface area contributed by atoms with Gasteiger partial charge in [0.2, 0.25) is 0 Å². The van der Waals surface area contributed by atoms with Crippen LogP contribution >= 0.6 is 0 Å². The minimum atomic E-state index is -0.355. The molecular formula is C13H25NO. The molecule has 2 fully saturated rings. The Morgan fingerprint density at radius 2 is 1.67 bits per heavy atom. The lowest BCUT2D eigenvalue weighted by molar-refractivity contribution is 0.000800. The smallest absolute Gasteiger partial charge is 0.0774 e. The molecule has 15 heavy (non-hydrogen) atoms. The highest BCUT2D eigenvalue weighted by Gasteiger charge is 2.33. The van der Waals surface area contributed by atoms with Crippen molar-refractivity contribution >= 4 is 0 Å². The number of nitrogens with zero attached hydrogens (tertiary/aromatic N) is 1. The van der Waals surface area contributed by atoms with Crippen molar-refractivity contribution in [3.8, 4) is 0 Å². The fourth-order valence-corrected chi connectivity index (χ4v) is 3.31. The molecule has 0 spiro atoms. The quantitative estimate of drug-likeness (QED) is 0.775. The number of hydrogen-bond acceptors (Lipinski definition) is 2. The Hall–Kier alpha value is -0.0800. The Morgan fingerprint density at radius 3 is 2.27 bits per heavy atom. The fourth-order valence-electron chi connectivity index (χ4n) is 3.31. The number of aliphatic hydroxyl groups is 1. The van der Waals surface area contributed by atoms with Crippen molar-refractivity contribution < 1.29 is 5.11 Å². The molecule has 2 rings (SSSR count). The first-order chi connectivity index (χ1) is 7.20. The van der Waals surface area contributed by atoms with Gasteiger partial charge in [0.05, 0.1) is 5.60 Å². The van der Waals surface area contributed by atoms with Crippen molar-refractivity contribution in [2.24, 2.45) is 0 Å². The standard InChI is InChI=1S/C13H25NO/c1-14(12-7-3-2-4-8-12)11-13(15)9-5-6-10-13/h12,15H,2-11H2,1H3. The highest BCUT2D eigenvalue weighted by atomic mass is 16.3. The van der Waals surface area contributed by atoms with E-state index in [0.717, 1.165) is 25.4 Å². The Bertz CT molecular complexity index is 193. The first kappa shape index (κ1) is 11.4. The SMILES string of the molecule is CN(CC1(O)CCCC1)C1CCCCC1.